The van der Waals surface area contributed by atoms with Gasteiger partial charge >= 0.3 is 5.97 Å². The van der Waals surface area contributed by atoms with E-state index in [9.17, 15) is 19.8 Å². The lowest BCUT2D eigenvalue weighted by atomic mass is 9.99. The molecular formula is C24H27ClN2O7. The summed E-state index contributed by atoms with van der Waals surface area (Å²) in [5.74, 6) is -1.48. The Labute approximate surface area is 202 Å². The summed E-state index contributed by atoms with van der Waals surface area (Å²) in [5, 5.41) is 24.7. The van der Waals surface area contributed by atoms with Crippen LogP contribution in [0.5, 0.6) is 11.5 Å². The molecule has 0 radical (unpaired) electrons. The number of aromatic hydroxyl groups is 2. The summed E-state index contributed by atoms with van der Waals surface area (Å²) in [6, 6.07) is 1.01. The molecule has 3 aliphatic rings. The normalized spacial score (nSPS) is 28.0. The fraction of sp³-hybridized carbons (Fsp3) is 0.458. The van der Waals surface area contributed by atoms with Gasteiger partial charge in [-0.25, -0.2) is 4.79 Å². The second kappa shape index (κ2) is 10.5. The van der Waals surface area contributed by atoms with Crippen molar-refractivity contribution in [3.8, 4) is 11.5 Å². The molecule has 0 aromatic heterocycles. The van der Waals surface area contributed by atoms with Crippen LogP contribution in [0.1, 0.15) is 42.1 Å². The van der Waals surface area contributed by atoms with Crippen molar-refractivity contribution in [2.45, 2.75) is 50.9 Å². The molecule has 2 saturated heterocycles. The first kappa shape index (κ1) is 24.1. The van der Waals surface area contributed by atoms with Gasteiger partial charge in [0.2, 0.25) is 5.91 Å². The van der Waals surface area contributed by atoms with Crippen LogP contribution in [0, 0.1) is 0 Å². The molecular weight excluding hydrogens is 464 g/mol. The topological polar surface area (TPSA) is 121 Å². The zero-order valence-corrected chi connectivity index (χ0v) is 19.5. The van der Waals surface area contributed by atoms with Crippen molar-refractivity contribution in [1.29, 1.82) is 0 Å². The molecule has 3 aliphatic heterocycles. The number of carbonyl (C=O) groups is 2. The molecule has 0 spiro atoms. The third kappa shape index (κ3) is 5.71. The van der Waals surface area contributed by atoms with Gasteiger partial charge in [-0.3, -0.25) is 4.79 Å². The lowest BCUT2D eigenvalue weighted by Gasteiger charge is -2.17. The van der Waals surface area contributed by atoms with Gasteiger partial charge in [0.25, 0.3) is 0 Å². The standard InChI is InChI=1S/C24H27ClN2O7/c1-14-11-20-19(34-20)6-3-2-5-15(26-32-10-9-27-8-4-7-21(27)30)12-16-22(24(31)33-14)17(28)13-18(29)23(16)25/h2-3,5-6,13-14,19-20,28-29H,4,7-12H2,1H3/b5-2+,6-3-,26-15-/t14-,19-,20?/m1/s1. The lowest BCUT2D eigenvalue weighted by Crippen LogP contribution is -2.28. The van der Waals surface area contributed by atoms with Crippen LogP contribution >= 0.6 is 11.6 Å². The molecule has 3 atom stereocenters. The van der Waals surface area contributed by atoms with Gasteiger partial charge in [-0.15, -0.1) is 0 Å². The Bertz CT molecular complexity index is 1050. The van der Waals surface area contributed by atoms with Crippen LogP contribution in [0.3, 0.4) is 0 Å². The predicted molar refractivity (Wildman–Crippen MR) is 124 cm³/mol. The monoisotopic (exact) mass is 490 g/mol. The van der Waals surface area contributed by atoms with E-state index >= 15 is 0 Å². The fourth-order valence-corrected chi connectivity index (χ4v) is 4.29. The summed E-state index contributed by atoms with van der Waals surface area (Å²) >= 11 is 6.33. The van der Waals surface area contributed by atoms with Crippen LogP contribution in [0.15, 0.2) is 35.5 Å². The lowest BCUT2D eigenvalue weighted by molar-refractivity contribution is -0.128. The van der Waals surface area contributed by atoms with E-state index in [1.807, 2.05) is 12.2 Å². The highest BCUT2D eigenvalue weighted by molar-refractivity contribution is 6.33. The largest absolute Gasteiger partial charge is 0.507 e. The van der Waals surface area contributed by atoms with E-state index in [0.717, 1.165) is 12.5 Å². The number of phenolic OH excluding ortho intramolecular Hbond substituents is 2. The number of allylic oxidation sites excluding steroid dienone is 3. The van der Waals surface area contributed by atoms with E-state index in [1.165, 1.54) is 0 Å². The van der Waals surface area contributed by atoms with Crippen LogP contribution < -0.4 is 0 Å². The molecule has 182 valence electrons. The molecule has 34 heavy (non-hydrogen) atoms. The SMILES string of the molecule is C[C@@H]1CC2O[C@@H]2\C=C/C=C/C(=N/OCCN2CCCC2=O)Cc2c(Cl)c(O)cc(O)c2C(=O)O1. The highest BCUT2D eigenvalue weighted by Crippen LogP contribution is 2.38. The number of epoxide rings is 1. The van der Waals surface area contributed by atoms with Crippen LogP contribution in [0.25, 0.3) is 0 Å². The number of carbonyl (C=O) groups excluding carboxylic acids is 2. The van der Waals surface area contributed by atoms with Gasteiger partial charge in [0.15, 0.2) is 0 Å². The molecule has 9 nitrogen and oxygen atoms in total. The fourth-order valence-electron chi connectivity index (χ4n) is 4.07. The van der Waals surface area contributed by atoms with Gasteiger partial charge < -0.3 is 29.4 Å². The maximum Gasteiger partial charge on any atom is 0.342 e. The number of oxime groups is 1. The van der Waals surface area contributed by atoms with Crippen molar-refractivity contribution in [2.24, 2.45) is 5.16 Å². The number of hydrogen-bond donors (Lipinski definition) is 2. The van der Waals surface area contributed by atoms with Crippen molar-refractivity contribution in [3.63, 3.8) is 0 Å². The number of phenols is 2. The maximum atomic E-state index is 12.9. The van der Waals surface area contributed by atoms with E-state index in [0.29, 0.717) is 31.6 Å². The van der Waals surface area contributed by atoms with Gasteiger partial charge in [0, 0.05) is 31.9 Å². The van der Waals surface area contributed by atoms with E-state index in [4.69, 9.17) is 25.9 Å². The third-order valence-corrected chi connectivity index (χ3v) is 6.31. The van der Waals surface area contributed by atoms with Gasteiger partial charge in [0.1, 0.15) is 35.9 Å². The summed E-state index contributed by atoms with van der Waals surface area (Å²) in [6.07, 6.45) is 8.46. The Balaban J connectivity index is 1.61. The number of ether oxygens (including phenoxy) is 2. The average molecular weight is 491 g/mol. The van der Waals surface area contributed by atoms with Crippen LogP contribution in [-0.2, 0) is 25.5 Å². The summed E-state index contributed by atoms with van der Waals surface area (Å²) in [6.45, 7) is 3.07. The second-order valence-corrected chi connectivity index (χ2v) is 8.87. The number of likely N-dealkylation sites (tertiary alicyclic amines) is 1. The Morgan fingerprint density at radius 2 is 2.09 bits per heavy atom. The molecule has 1 aromatic rings. The summed E-state index contributed by atoms with van der Waals surface area (Å²) in [4.78, 5) is 31.9. The van der Waals surface area contributed by atoms with Crippen molar-refractivity contribution in [3.05, 3.63) is 46.5 Å². The summed E-state index contributed by atoms with van der Waals surface area (Å²) in [7, 11) is 0. The van der Waals surface area contributed by atoms with Crippen LogP contribution in [0.4, 0.5) is 0 Å². The summed E-state index contributed by atoms with van der Waals surface area (Å²) in [5.41, 5.74) is 0.413. The number of amides is 1. The average Bonchev–Trinajstić information content (AvgIpc) is 3.38. The number of benzene rings is 1. The zero-order chi connectivity index (χ0) is 24.2. The molecule has 4 rings (SSSR count). The summed E-state index contributed by atoms with van der Waals surface area (Å²) < 4.78 is 11.1. The first-order valence-corrected chi connectivity index (χ1v) is 11.6. The first-order valence-electron chi connectivity index (χ1n) is 11.2. The quantitative estimate of drug-likeness (QED) is 0.288. The molecule has 1 unspecified atom stereocenters. The van der Waals surface area contributed by atoms with Crippen molar-refractivity contribution in [1.82, 2.24) is 4.90 Å². The smallest absolute Gasteiger partial charge is 0.342 e. The van der Waals surface area contributed by atoms with Gasteiger partial charge in [0.05, 0.1) is 23.4 Å². The van der Waals surface area contributed by atoms with Crippen molar-refractivity contribution in [2.75, 3.05) is 19.7 Å². The number of hydrogen-bond acceptors (Lipinski definition) is 8. The van der Waals surface area contributed by atoms with E-state index in [2.05, 4.69) is 5.16 Å². The number of cyclic esters (lactones) is 1. The zero-order valence-electron chi connectivity index (χ0n) is 18.8. The van der Waals surface area contributed by atoms with Gasteiger partial charge in [-0.1, -0.05) is 35.0 Å². The minimum absolute atomic E-state index is 0.0187. The Morgan fingerprint density at radius 1 is 1.26 bits per heavy atom. The van der Waals surface area contributed by atoms with Gasteiger partial charge in [-0.2, -0.15) is 0 Å². The molecule has 1 aromatic carbocycles. The van der Waals surface area contributed by atoms with Crippen molar-refractivity contribution < 1.29 is 34.1 Å². The van der Waals surface area contributed by atoms with Crippen LogP contribution in [0.2, 0.25) is 5.02 Å². The maximum absolute atomic E-state index is 12.9. The highest BCUT2D eigenvalue weighted by Gasteiger charge is 2.38. The molecule has 2 fully saturated rings. The number of nitrogens with zero attached hydrogens (tertiary/aromatic N) is 2. The Morgan fingerprint density at radius 3 is 2.85 bits per heavy atom. The Hall–Kier alpha value is -3.04. The van der Waals surface area contributed by atoms with E-state index in [1.54, 1.807) is 24.0 Å². The molecule has 1 amide bonds. The predicted octanol–water partition coefficient (Wildman–Crippen LogP) is 3.12. The molecule has 0 bridgehead atoms. The minimum Gasteiger partial charge on any atom is -0.507 e. The second-order valence-electron chi connectivity index (χ2n) is 8.49. The van der Waals surface area contributed by atoms with E-state index < -0.39 is 17.8 Å². The number of esters is 1. The Kier molecular flexibility index (Phi) is 7.43. The minimum atomic E-state index is -0.761. The highest BCUT2D eigenvalue weighted by atomic mass is 35.5. The number of halogens is 1. The number of rotatable bonds is 4. The van der Waals surface area contributed by atoms with Crippen LogP contribution in [-0.4, -0.2) is 70.7 Å². The van der Waals surface area contributed by atoms with Gasteiger partial charge in [-0.05, 0) is 25.0 Å². The van der Waals surface area contributed by atoms with E-state index in [-0.39, 0.29) is 53.0 Å². The molecule has 0 aliphatic carbocycles. The molecule has 3 heterocycles. The molecule has 10 heteroatoms. The first-order chi connectivity index (χ1) is 16.3. The number of fused-ring (bicyclic) bond motifs is 2. The van der Waals surface area contributed by atoms with Crippen molar-refractivity contribution >= 4 is 29.2 Å². The third-order valence-electron chi connectivity index (χ3n) is 5.88. The molecule has 0 saturated carbocycles. The molecule has 2 N–H and O–H groups in total.